The maximum absolute atomic E-state index is 12.9. The summed E-state index contributed by atoms with van der Waals surface area (Å²) in [4.78, 5) is 33.2. The first kappa shape index (κ1) is 18.6. The van der Waals surface area contributed by atoms with Crippen LogP contribution in [0.15, 0.2) is 39.4 Å². The van der Waals surface area contributed by atoms with Gasteiger partial charge in [0.1, 0.15) is 5.82 Å². The molecule has 1 aromatic heterocycles. The van der Waals surface area contributed by atoms with Gasteiger partial charge in [0.25, 0.3) is 5.56 Å². The number of benzene rings is 1. The molecular weight excluding hydrogens is 378 g/mol. The number of fused-ring (bicyclic) bond motifs is 1. The summed E-state index contributed by atoms with van der Waals surface area (Å²) in [6, 6.07) is 5.49. The summed E-state index contributed by atoms with van der Waals surface area (Å²) < 4.78 is 10.8. The van der Waals surface area contributed by atoms with Crippen molar-refractivity contribution in [1.82, 2.24) is 9.97 Å². The first-order valence-electron chi connectivity index (χ1n) is 9.00. The van der Waals surface area contributed by atoms with Crippen LogP contribution in [0, 0.1) is 0 Å². The monoisotopic (exact) mass is 399 g/mol. The van der Waals surface area contributed by atoms with E-state index >= 15 is 0 Å². The lowest BCUT2D eigenvalue weighted by Gasteiger charge is -2.33. The van der Waals surface area contributed by atoms with Crippen molar-refractivity contribution in [1.29, 1.82) is 0 Å². The molecule has 0 radical (unpaired) electrons. The summed E-state index contributed by atoms with van der Waals surface area (Å²) in [6.45, 7) is 0. The number of carbonyl (C=O) groups excluding carboxylic acids is 1. The van der Waals surface area contributed by atoms with Crippen molar-refractivity contribution in [3.05, 3.63) is 50.9 Å². The molecule has 0 spiro atoms. The number of methoxy groups -OCH3 is 2. The first-order valence-corrected chi connectivity index (χ1v) is 10.2. The molecule has 2 aliphatic rings. The first-order chi connectivity index (χ1) is 13.6. The molecule has 7 nitrogen and oxygen atoms in total. The summed E-state index contributed by atoms with van der Waals surface area (Å²) in [7, 11) is 3.13. The van der Waals surface area contributed by atoms with Crippen molar-refractivity contribution >= 4 is 23.4 Å². The lowest BCUT2D eigenvalue weighted by atomic mass is 9.76. The molecule has 1 atom stereocenters. The molecule has 0 saturated carbocycles. The molecule has 0 bridgehead atoms. The van der Waals surface area contributed by atoms with Crippen LogP contribution in [0.5, 0.6) is 11.5 Å². The quantitative estimate of drug-likeness (QED) is 0.603. The number of aromatic amines is 1. The van der Waals surface area contributed by atoms with E-state index in [0.717, 1.165) is 24.1 Å². The highest BCUT2D eigenvalue weighted by atomic mass is 32.2. The number of nitrogens with one attached hydrogen (secondary N) is 2. The Morgan fingerprint density at radius 3 is 2.64 bits per heavy atom. The topological polar surface area (TPSA) is 93.3 Å². The van der Waals surface area contributed by atoms with Gasteiger partial charge in [0.05, 0.1) is 19.8 Å². The molecular formula is C20H21N3O4S. The van der Waals surface area contributed by atoms with E-state index in [1.54, 1.807) is 20.3 Å². The fraction of sp³-hybridized carbons (Fsp3) is 0.350. The van der Waals surface area contributed by atoms with E-state index in [2.05, 4.69) is 15.3 Å². The van der Waals surface area contributed by atoms with Crippen molar-refractivity contribution < 1.29 is 14.3 Å². The number of carbonyl (C=O) groups is 1. The predicted molar refractivity (Wildman–Crippen MR) is 108 cm³/mol. The van der Waals surface area contributed by atoms with Gasteiger partial charge in [-0.2, -0.15) is 0 Å². The third kappa shape index (κ3) is 2.97. The summed E-state index contributed by atoms with van der Waals surface area (Å²) in [5.41, 5.74) is 2.52. The molecule has 1 aromatic carbocycles. The fourth-order valence-corrected chi connectivity index (χ4v) is 4.28. The van der Waals surface area contributed by atoms with Gasteiger partial charge in [-0.1, -0.05) is 17.8 Å². The number of anilines is 1. The van der Waals surface area contributed by atoms with Gasteiger partial charge in [-0.3, -0.25) is 9.59 Å². The molecule has 1 aliphatic heterocycles. The molecule has 0 saturated heterocycles. The molecule has 0 unspecified atom stereocenters. The maximum atomic E-state index is 12.9. The van der Waals surface area contributed by atoms with Crippen LogP contribution in [0.3, 0.4) is 0 Å². The van der Waals surface area contributed by atoms with Gasteiger partial charge >= 0.3 is 0 Å². The average molecular weight is 399 g/mol. The number of nitrogens with zero attached hydrogens (tertiary/aromatic N) is 1. The fourth-order valence-electron chi connectivity index (χ4n) is 3.90. The van der Waals surface area contributed by atoms with E-state index in [1.807, 2.05) is 18.4 Å². The zero-order chi connectivity index (χ0) is 19.8. The Morgan fingerprint density at radius 2 is 1.93 bits per heavy atom. The number of hydrogen-bond acceptors (Lipinski definition) is 7. The minimum absolute atomic E-state index is 0.0625. The lowest BCUT2D eigenvalue weighted by Crippen LogP contribution is -2.32. The number of aromatic nitrogens is 2. The third-order valence-corrected chi connectivity index (χ3v) is 5.75. The van der Waals surface area contributed by atoms with Gasteiger partial charge in [0, 0.05) is 23.6 Å². The van der Waals surface area contributed by atoms with Gasteiger partial charge in [-0.05, 0) is 36.8 Å². The van der Waals surface area contributed by atoms with Crippen LogP contribution in [0.1, 0.15) is 36.3 Å². The van der Waals surface area contributed by atoms with E-state index in [-0.39, 0.29) is 11.3 Å². The van der Waals surface area contributed by atoms with E-state index in [1.165, 1.54) is 11.8 Å². The van der Waals surface area contributed by atoms with Crippen molar-refractivity contribution in [2.75, 3.05) is 25.8 Å². The van der Waals surface area contributed by atoms with E-state index < -0.39 is 5.92 Å². The van der Waals surface area contributed by atoms with E-state index in [9.17, 15) is 9.59 Å². The molecule has 1 aliphatic carbocycles. The van der Waals surface area contributed by atoms with Crippen molar-refractivity contribution in [2.24, 2.45) is 0 Å². The second-order valence-corrected chi connectivity index (χ2v) is 7.47. The highest BCUT2D eigenvalue weighted by molar-refractivity contribution is 7.98. The second kappa shape index (κ2) is 7.35. The Bertz CT molecular complexity index is 1040. The molecule has 4 rings (SSSR count). The van der Waals surface area contributed by atoms with Crippen molar-refractivity contribution in [3.63, 3.8) is 0 Å². The number of hydrogen-bond donors (Lipinski definition) is 2. The standard InChI is InChI=1S/C20H21N3O4S/c1-26-13-8-7-10(9-14(13)27-2)15-16-11(5-4-6-12(16)24)21-18-17(15)19(25)23-20(22-18)28-3/h7-9,15H,4-6H2,1-3H3,(H2,21,22,23,25)/t15-/m0/s1. The predicted octanol–water partition coefficient (Wildman–Crippen LogP) is 3.07. The molecule has 28 heavy (non-hydrogen) atoms. The molecule has 2 heterocycles. The number of rotatable bonds is 4. The lowest BCUT2D eigenvalue weighted by molar-refractivity contribution is -0.116. The molecule has 2 aromatic rings. The van der Waals surface area contributed by atoms with Crippen LogP contribution >= 0.6 is 11.8 Å². The number of ketones is 1. The Morgan fingerprint density at radius 1 is 1.14 bits per heavy atom. The van der Waals surface area contributed by atoms with Crippen LogP contribution in [-0.4, -0.2) is 36.2 Å². The molecule has 2 N–H and O–H groups in total. The average Bonchev–Trinajstić information content (AvgIpc) is 2.71. The number of Topliss-reactive ketones (excluding diaryl/α,β-unsaturated/α-hetero) is 1. The second-order valence-electron chi connectivity index (χ2n) is 6.68. The number of allylic oxidation sites excluding steroid dienone is 2. The van der Waals surface area contributed by atoms with Crippen LogP contribution in [0.4, 0.5) is 5.82 Å². The van der Waals surface area contributed by atoms with Gasteiger partial charge in [-0.15, -0.1) is 0 Å². The highest BCUT2D eigenvalue weighted by Crippen LogP contribution is 2.45. The summed E-state index contributed by atoms with van der Waals surface area (Å²) in [5.74, 6) is 1.23. The zero-order valence-electron chi connectivity index (χ0n) is 15.9. The van der Waals surface area contributed by atoms with Crippen molar-refractivity contribution in [2.45, 2.75) is 30.3 Å². The summed E-state index contributed by atoms with van der Waals surface area (Å²) >= 11 is 1.37. The number of thioether (sulfide) groups is 1. The molecule has 0 amide bonds. The minimum atomic E-state index is -0.494. The van der Waals surface area contributed by atoms with Gasteiger partial charge in [-0.25, -0.2) is 4.98 Å². The third-order valence-electron chi connectivity index (χ3n) is 5.17. The summed E-state index contributed by atoms with van der Waals surface area (Å²) in [5, 5.41) is 3.79. The largest absolute Gasteiger partial charge is 0.493 e. The van der Waals surface area contributed by atoms with E-state index in [4.69, 9.17) is 9.47 Å². The minimum Gasteiger partial charge on any atom is -0.493 e. The van der Waals surface area contributed by atoms with Gasteiger partial charge < -0.3 is 19.8 Å². The zero-order valence-corrected chi connectivity index (χ0v) is 16.7. The Balaban J connectivity index is 1.97. The van der Waals surface area contributed by atoms with Crippen LogP contribution in [0.2, 0.25) is 0 Å². The Hall–Kier alpha value is -2.74. The molecule has 8 heteroatoms. The maximum Gasteiger partial charge on any atom is 0.257 e. The summed E-state index contributed by atoms with van der Waals surface area (Å²) in [6.07, 6.45) is 3.88. The SMILES string of the molecule is COc1ccc([C@H]2C3=C(CCCC3=O)Nc3nc(SC)[nH]c(=O)c32)cc1OC. The van der Waals surface area contributed by atoms with E-state index in [0.29, 0.717) is 40.0 Å². The van der Waals surface area contributed by atoms with Crippen LogP contribution in [-0.2, 0) is 4.79 Å². The number of ether oxygens (including phenoxy) is 2. The smallest absolute Gasteiger partial charge is 0.257 e. The number of H-pyrrole nitrogens is 1. The Labute approximate surface area is 166 Å². The highest BCUT2D eigenvalue weighted by Gasteiger charge is 2.38. The van der Waals surface area contributed by atoms with Gasteiger partial charge in [0.15, 0.2) is 22.4 Å². The normalized spacial score (nSPS) is 18.2. The Kier molecular flexibility index (Phi) is 4.89. The van der Waals surface area contributed by atoms with Crippen molar-refractivity contribution in [3.8, 4) is 11.5 Å². The molecule has 0 fully saturated rings. The van der Waals surface area contributed by atoms with Crippen LogP contribution in [0.25, 0.3) is 0 Å². The van der Waals surface area contributed by atoms with Gasteiger partial charge in [0.2, 0.25) is 0 Å². The molecule has 146 valence electrons. The van der Waals surface area contributed by atoms with Crippen LogP contribution < -0.4 is 20.3 Å².